The summed E-state index contributed by atoms with van der Waals surface area (Å²) in [6.07, 6.45) is 3.49. The van der Waals surface area contributed by atoms with E-state index in [0.29, 0.717) is 33.3 Å². The molecule has 10 aromatic heterocycles. The van der Waals surface area contributed by atoms with Gasteiger partial charge in [0.2, 0.25) is 11.0 Å². The Morgan fingerprint density at radius 1 is 0.318 bits per heavy atom. The number of hydrogen-bond acceptors (Lipinski definition) is 14. The highest BCUT2D eigenvalue weighted by atomic mass is 79.9. The minimum atomic E-state index is 0.157. The van der Waals surface area contributed by atoms with Crippen LogP contribution in [-0.2, 0) is 0 Å². The monoisotopic (exact) mass is 1540 g/mol. The molecule has 18 heteroatoms. The van der Waals surface area contributed by atoms with Gasteiger partial charge in [-0.25, -0.2) is 34.9 Å². The number of para-hydroxylation sites is 2. The zero-order valence-corrected chi connectivity index (χ0v) is 61.4. The van der Waals surface area contributed by atoms with Crippen molar-refractivity contribution in [3.05, 3.63) is 318 Å². The summed E-state index contributed by atoms with van der Waals surface area (Å²) in [5, 5.41) is 14.0. The molecule has 22 aromatic rings. The fourth-order valence-corrected chi connectivity index (χ4v) is 16.8. The Hall–Kier alpha value is -12.2. The first-order chi connectivity index (χ1) is 52.6. The van der Waals surface area contributed by atoms with Crippen molar-refractivity contribution in [3.63, 3.8) is 0 Å². The Morgan fingerprint density at radius 2 is 0.925 bits per heavy atom. The molecule has 12 aromatic carbocycles. The highest BCUT2D eigenvalue weighted by Gasteiger charge is 2.22. The number of rotatable bonds is 6. The summed E-state index contributed by atoms with van der Waals surface area (Å²) in [5.41, 5.74) is 14.7. The van der Waals surface area contributed by atoms with E-state index < -0.39 is 0 Å². The predicted octanol–water partition coefficient (Wildman–Crippen LogP) is 26.8. The molecule has 22 rings (SSSR count). The number of pyridine rings is 1. The smallest absolute Gasteiger partial charge is 0.232 e. The van der Waals surface area contributed by atoms with Crippen molar-refractivity contribution in [3.8, 4) is 67.8 Å². The van der Waals surface area contributed by atoms with Crippen molar-refractivity contribution in [2.45, 2.75) is 0 Å². The van der Waals surface area contributed by atoms with Crippen molar-refractivity contribution in [1.29, 1.82) is 0 Å². The summed E-state index contributed by atoms with van der Waals surface area (Å²) in [7, 11) is 0. The van der Waals surface area contributed by atoms with Gasteiger partial charge in [-0.2, -0.15) is 4.98 Å². The summed E-state index contributed by atoms with van der Waals surface area (Å²) in [6, 6.07) is 96.1. The minimum Gasteiger partial charge on any atom is -0.456 e. The molecule has 0 saturated carbocycles. The molecule has 0 amide bonds. The van der Waals surface area contributed by atoms with Gasteiger partial charge >= 0.3 is 0 Å². The molecular formula is C89H49BrCl3N9O3S2. The first kappa shape index (κ1) is 65.6. The van der Waals surface area contributed by atoms with Crippen LogP contribution in [0.15, 0.2) is 315 Å². The molecule has 0 aliphatic heterocycles. The Balaban J connectivity index is 0.0000000976. The van der Waals surface area contributed by atoms with Crippen LogP contribution in [0.1, 0.15) is 0 Å². The summed E-state index contributed by atoms with van der Waals surface area (Å²) in [6.45, 7) is 0. The zero-order valence-electron chi connectivity index (χ0n) is 55.9. The second kappa shape index (κ2) is 27.7. The highest BCUT2D eigenvalue weighted by molar-refractivity contribution is 9.10. The Bertz CT molecular complexity index is 7220. The molecule has 0 atom stereocenters. The molecule has 0 aliphatic carbocycles. The second-order valence-corrected chi connectivity index (χ2v) is 29.3. The van der Waals surface area contributed by atoms with Gasteiger partial charge in [0.05, 0.1) is 27.0 Å². The Labute approximate surface area is 640 Å². The van der Waals surface area contributed by atoms with E-state index in [1.807, 2.05) is 158 Å². The number of thiophene rings is 2. The average molecular weight is 1540 g/mol. The third-order valence-electron chi connectivity index (χ3n) is 18.7. The maximum atomic E-state index is 6.65. The first-order valence-electron chi connectivity index (χ1n) is 34.0. The molecule has 0 fully saturated rings. The first-order valence-corrected chi connectivity index (χ1v) is 37.6. The summed E-state index contributed by atoms with van der Waals surface area (Å²) >= 11 is 26.0. The van der Waals surface area contributed by atoms with Crippen molar-refractivity contribution in [2.24, 2.45) is 0 Å². The molecule has 0 spiro atoms. The van der Waals surface area contributed by atoms with E-state index in [2.05, 4.69) is 168 Å². The van der Waals surface area contributed by atoms with E-state index in [1.54, 1.807) is 35.1 Å². The number of hydrogen-bond donors (Lipinski definition) is 0. The number of benzene rings is 12. The average Bonchev–Trinajstić information content (AvgIpc) is 1.62. The van der Waals surface area contributed by atoms with Crippen LogP contribution in [0.2, 0.25) is 15.6 Å². The summed E-state index contributed by atoms with van der Waals surface area (Å²) in [5.74, 6) is 1.97. The highest BCUT2D eigenvalue weighted by Crippen LogP contribution is 2.44. The molecule has 0 N–H and O–H groups in total. The van der Waals surface area contributed by atoms with Gasteiger partial charge < -0.3 is 13.3 Å². The Kier molecular flexibility index (Phi) is 17.0. The number of furan rings is 3. The van der Waals surface area contributed by atoms with Crippen LogP contribution >= 0.6 is 73.4 Å². The molecule has 0 bridgehead atoms. The second-order valence-electron chi connectivity index (χ2n) is 25.3. The fourth-order valence-electron chi connectivity index (χ4n) is 13.7. The number of aromatic nitrogens is 9. The number of halogens is 4. The van der Waals surface area contributed by atoms with Crippen molar-refractivity contribution in [1.82, 2.24) is 44.9 Å². The number of fused-ring (bicyclic) bond motifs is 18. The SMILES string of the molecule is Brc1ccc(-c2nc(-c3ccccc3)c3c(n2)sc2ccccc23)cc1.Clc1nc(-c2ccc3oc4ccccc4c3c2)nc2c1oc1ccccc12.Clc1nc(-c2cccc(-c3ccccc3)c2)nc2c1sc1ccc3ccccc3c12.Clc1nc(-c2cccnc2)c2c(n1)oc1cc3ccccc3cc12. The third kappa shape index (κ3) is 12.4. The summed E-state index contributed by atoms with van der Waals surface area (Å²) < 4.78 is 22.1. The van der Waals surface area contributed by atoms with E-state index >= 15 is 0 Å². The normalized spacial score (nSPS) is 11.6. The maximum Gasteiger partial charge on any atom is 0.232 e. The van der Waals surface area contributed by atoms with Gasteiger partial charge in [0.1, 0.15) is 32.7 Å². The van der Waals surface area contributed by atoms with Crippen LogP contribution in [0.25, 0.3) is 196 Å². The van der Waals surface area contributed by atoms with Gasteiger partial charge in [0, 0.05) is 91.8 Å². The van der Waals surface area contributed by atoms with Crippen LogP contribution in [0, 0.1) is 0 Å². The van der Waals surface area contributed by atoms with Crippen molar-refractivity contribution in [2.75, 3.05) is 0 Å². The quantitative estimate of drug-likeness (QED) is 0.115. The van der Waals surface area contributed by atoms with Crippen LogP contribution < -0.4 is 0 Å². The van der Waals surface area contributed by atoms with E-state index in [1.165, 1.54) is 31.1 Å². The zero-order chi connectivity index (χ0) is 71.6. The lowest BCUT2D eigenvalue weighted by Crippen LogP contribution is -1.93. The van der Waals surface area contributed by atoms with E-state index in [0.717, 1.165) is 146 Å². The molecule has 0 radical (unpaired) electrons. The molecule has 0 saturated heterocycles. The van der Waals surface area contributed by atoms with Gasteiger partial charge in [-0.1, -0.05) is 233 Å². The van der Waals surface area contributed by atoms with Gasteiger partial charge in [-0.05, 0) is 135 Å². The molecule has 12 nitrogen and oxygen atoms in total. The van der Waals surface area contributed by atoms with E-state index in [9.17, 15) is 0 Å². The maximum absolute atomic E-state index is 6.65. The fraction of sp³-hybridized carbons (Fsp3) is 0. The Morgan fingerprint density at radius 3 is 1.71 bits per heavy atom. The standard InChI is InChI=1S/C26H15ClN2S.C22H13BrN2S.C22H11ClN2O2.C19H10ClN3O/c27-25-24-23(22-20-12-5-4-9-17(20)13-14-21(22)30-24)28-26(29-25)19-11-6-10-18(15-19)16-7-2-1-3-8-16;23-16-12-10-15(11-13-16)21-24-20(14-6-2-1-3-7-14)19-17-8-4-5-9-18(17)26-22(19)25-21;23-21-20-19(14-6-2-4-8-17(14)27-20)24-22(25-21)12-9-10-18-15(11-12)13-5-1-3-7-16(13)26-18;20-19-22-17(13-6-3-7-21-10-13)16-14-8-11-4-1-2-5-12(11)9-15(14)24-18(16)23-19/h1-15H;1-13H;1-11H;1-10H. The van der Waals surface area contributed by atoms with Gasteiger partial charge in [0.15, 0.2) is 33.4 Å². The molecule has 508 valence electrons. The van der Waals surface area contributed by atoms with Gasteiger partial charge in [0.25, 0.3) is 0 Å². The molecule has 0 aliphatic rings. The van der Waals surface area contributed by atoms with Crippen LogP contribution in [-0.4, -0.2) is 44.9 Å². The topological polar surface area (TPSA) is 155 Å². The third-order valence-corrected chi connectivity index (χ3v) is 22.3. The van der Waals surface area contributed by atoms with Crippen LogP contribution in [0.4, 0.5) is 0 Å². The molecular weight excluding hydrogens is 1490 g/mol. The van der Waals surface area contributed by atoms with Gasteiger partial charge in [-0.3, -0.25) is 4.98 Å². The largest absolute Gasteiger partial charge is 0.456 e. The molecule has 0 unspecified atom stereocenters. The lowest BCUT2D eigenvalue weighted by Gasteiger charge is -2.07. The molecule has 107 heavy (non-hydrogen) atoms. The molecule has 10 heterocycles. The lowest BCUT2D eigenvalue weighted by atomic mass is 10.0. The predicted molar refractivity (Wildman–Crippen MR) is 444 cm³/mol. The van der Waals surface area contributed by atoms with Crippen molar-refractivity contribution >= 4 is 202 Å². The van der Waals surface area contributed by atoms with Crippen molar-refractivity contribution < 1.29 is 13.3 Å². The van der Waals surface area contributed by atoms with Crippen LogP contribution in [0.3, 0.4) is 0 Å². The lowest BCUT2D eigenvalue weighted by molar-refractivity contribution is 0.653. The van der Waals surface area contributed by atoms with Gasteiger partial charge in [-0.15, -0.1) is 22.7 Å². The van der Waals surface area contributed by atoms with Crippen LogP contribution in [0.5, 0.6) is 0 Å². The minimum absolute atomic E-state index is 0.157. The number of nitrogens with zero attached hydrogens (tertiary/aromatic N) is 9. The van der Waals surface area contributed by atoms with E-state index in [4.69, 9.17) is 68.0 Å². The van der Waals surface area contributed by atoms with E-state index in [-0.39, 0.29) is 5.28 Å². The summed E-state index contributed by atoms with van der Waals surface area (Å²) in [4.78, 5) is 42.6.